The summed E-state index contributed by atoms with van der Waals surface area (Å²) in [4.78, 5) is 31.7. The summed E-state index contributed by atoms with van der Waals surface area (Å²) < 4.78 is 11.8. The maximum Gasteiger partial charge on any atom is 0.411 e. The molecule has 2 amide bonds. The lowest BCUT2D eigenvalue weighted by Crippen LogP contribution is -2.36. The third-order valence-corrected chi connectivity index (χ3v) is 5.01. The summed E-state index contributed by atoms with van der Waals surface area (Å²) in [5.74, 6) is 0.479. The fraction of sp³-hybridized carbons (Fsp3) is 0.391. The van der Waals surface area contributed by atoms with E-state index < -0.39 is 23.8 Å². The molecule has 3 N–H and O–H groups in total. The van der Waals surface area contributed by atoms with E-state index in [0.29, 0.717) is 28.8 Å². The monoisotopic (exact) mass is 488 g/mol. The number of nitrogens with one attached hydrogen (secondary N) is 3. The molecule has 0 aliphatic rings. The lowest BCUT2D eigenvalue weighted by Gasteiger charge is -2.22. The zero-order valence-electron chi connectivity index (χ0n) is 19.8. The summed E-state index contributed by atoms with van der Waals surface area (Å²) in [5, 5.41) is 10.1. The highest BCUT2D eigenvalue weighted by molar-refractivity contribution is 6.31. The van der Waals surface area contributed by atoms with E-state index in [2.05, 4.69) is 30.4 Å². The number of anilines is 1. The van der Waals surface area contributed by atoms with Crippen molar-refractivity contribution in [1.82, 2.24) is 25.1 Å². The number of carbonyl (C=O) groups is 2. The van der Waals surface area contributed by atoms with Crippen LogP contribution in [0.1, 0.15) is 45.1 Å². The Morgan fingerprint density at radius 2 is 1.91 bits per heavy atom. The number of hydrogen-bond acceptors (Lipinski definition) is 6. The number of alkyl carbamates (subject to hydrolysis) is 1. The average molecular weight is 489 g/mol. The molecule has 34 heavy (non-hydrogen) atoms. The Morgan fingerprint density at radius 1 is 1.21 bits per heavy atom. The van der Waals surface area contributed by atoms with Gasteiger partial charge in [0.15, 0.2) is 0 Å². The zero-order chi connectivity index (χ0) is 24.9. The SMILES string of the molecule is CCn1cc(C[C@H](NC(=O)OC(C)(C)C)c2nc(-c3ccc(NC(=O)OC)cc3)c(Cl)[nH]2)cn1. The van der Waals surface area contributed by atoms with Crippen molar-refractivity contribution >= 4 is 29.5 Å². The van der Waals surface area contributed by atoms with Crippen molar-refractivity contribution < 1.29 is 19.1 Å². The van der Waals surface area contributed by atoms with Crippen LogP contribution in [0.4, 0.5) is 15.3 Å². The Bertz CT molecular complexity index is 1130. The molecule has 0 aliphatic carbocycles. The number of aryl methyl sites for hydroxylation is 1. The van der Waals surface area contributed by atoms with E-state index in [1.807, 2.05) is 17.8 Å². The number of carbonyl (C=O) groups excluding carboxylic acids is 2. The predicted molar refractivity (Wildman–Crippen MR) is 129 cm³/mol. The molecule has 3 aromatic rings. The average Bonchev–Trinajstić information content (AvgIpc) is 3.38. The number of aromatic amines is 1. The van der Waals surface area contributed by atoms with Gasteiger partial charge in [0.1, 0.15) is 22.3 Å². The van der Waals surface area contributed by atoms with Gasteiger partial charge in [-0.1, -0.05) is 23.7 Å². The Hall–Kier alpha value is -3.53. The topological polar surface area (TPSA) is 123 Å². The number of amides is 2. The second kappa shape index (κ2) is 10.6. The van der Waals surface area contributed by atoms with Crippen LogP contribution in [0.2, 0.25) is 5.15 Å². The first-order valence-corrected chi connectivity index (χ1v) is 11.2. The fourth-order valence-electron chi connectivity index (χ4n) is 3.19. The summed E-state index contributed by atoms with van der Waals surface area (Å²) in [5.41, 5.74) is 2.10. The minimum Gasteiger partial charge on any atom is -0.453 e. The first kappa shape index (κ1) is 25.1. The summed E-state index contributed by atoms with van der Waals surface area (Å²) >= 11 is 6.47. The van der Waals surface area contributed by atoms with Gasteiger partial charge in [-0.15, -0.1) is 0 Å². The third-order valence-electron chi connectivity index (χ3n) is 4.74. The number of aromatic nitrogens is 4. The lowest BCUT2D eigenvalue weighted by atomic mass is 10.1. The van der Waals surface area contributed by atoms with Crippen molar-refractivity contribution in [3.8, 4) is 11.3 Å². The molecule has 2 aromatic heterocycles. The third kappa shape index (κ3) is 6.74. The molecule has 0 bridgehead atoms. The van der Waals surface area contributed by atoms with Gasteiger partial charge < -0.3 is 19.8 Å². The van der Waals surface area contributed by atoms with Gasteiger partial charge in [0.05, 0.1) is 19.3 Å². The minimum absolute atomic E-state index is 0.323. The molecule has 0 spiro atoms. The normalized spacial score (nSPS) is 12.2. The number of hydrogen-bond donors (Lipinski definition) is 3. The van der Waals surface area contributed by atoms with Gasteiger partial charge in [0.25, 0.3) is 0 Å². The van der Waals surface area contributed by atoms with E-state index in [0.717, 1.165) is 17.7 Å². The molecule has 0 unspecified atom stereocenters. The smallest absolute Gasteiger partial charge is 0.411 e. The van der Waals surface area contributed by atoms with Gasteiger partial charge in [0, 0.05) is 30.4 Å². The van der Waals surface area contributed by atoms with Crippen molar-refractivity contribution in [3.63, 3.8) is 0 Å². The number of halogens is 1. The zero-order valence-corrected chi connectivity index (χ0v) is 20.6. The Morgan fingerprint density at radius 3 is 2.50 bits per heavy atom. The van der Waals surface area contributed by atoms with E-state index in [9.17, 15) is 9.59 Å². The van der Waals surface area contributed by atoms with Crippen LogP contribution in [-0.4, -0.2) is 44.6 Å². The number of rotatable bonds is 7. The van der Waals surface area contributed by atoms with E-state index in [-0.39, 0.29) is 0 Å². The second-order valence-corrected chi connectivity index (χ2v) is 8.96. The van der Waals surface area contributed by atoms with Gasteiger partial charge in [0.2, 0.25) is 0 Å². The Balaban J connectivity index is 1.86. The molecule has 11 heteroatoms. The van der Waals surface area contributed by atoms with E-state index in [4.69, 9.17) is 16.3 Å². The number of methoxy groups -OCH3 is 1. The number of ether oxygens (including phenoxy) is 2. The number of H-pyrrole nitrogens is 1. The molecule has 1 atom stereocenters. The lowest BCUT2D eigenvalue weighted by molar-refractivity contribution is 0.0501. The maximum absolute atomic E-state index is 12.5. The van der Waals surface area contributed by atoms with Crippen LogP contribution in [0.5, 0.6) is 0 Å². The predicted octanol–water partition coefficient (Wildman–Crippen LogP) is 4.93. The van der Waals surface area contributed by atoms with Crippen LogP contribution in [0.25, 0.3) is 11.3 Å². The molecule has 0 saturated carbocycles. The Labute approximate surface area is 203 Å². The largest absolute Gasteiger partial charge is 0.453 e. The molecule has 0 radical (unpaired) electrons. The summed E-state index contributed by atoms with van der Waals surface area (Å²) in [7, 11) is 1.30. The van der Waals surface area contributed by atoms with Gasteiger partial charge in [-0.2, -0.15) is 5.10 Å². The van der Waals surface area contributed by atoms with Gasteiger partial charge in [-0.05, 0) is 45.4 Å². The van der Waals surface area contributed by atoms with Crippen LogP contribution in [0.3, 0.4) is 0 Å². The number of nitrogens with zero attached hydrogens (tertiary/aromatic N) is 3. The highest BCUT2D eigenvalue weighted by Crippen LogP contribution is 2.29. The molecule has 3 rings (SSSR count). The van der Waals surface area contributed by atoms with Crippen LogP contribution in [0.15, 0.2) is 36.7 Å². The fourth-order valence-corrected chi connectivity index (χ4v) is 3.44. The van der Waals surface area contributed by atoms with Crippen LogP contribution >= 0.6 is 11.6 Å². The molecule has 0 aliphatic heterocycles. The summed E-state index contributed by atoms with van der Waals surface area (Å²) in [6.45, 7) is 8.13. The molecule has 182 valence electrons. The first-order chi connectivity index (χ1) is 16.1. The number of imidazole rings is 1. The molecule has 1 aromatic carbocycles. The van der Waals surface area contributed by atoms with Gasteiger partial charge in [-0.25, -0.2) is 14.6 Å². The van der Waals surface area contributed by atoms with Crippen molar-refractivity contribution in [2.75, 3.05) is 12.4 Å². The molecule has 2 heterocycles. The molecule has 10 nitrogen and oxygen atoms in total. The molecule has 0 fully saturated rings. The van der Waals surface area contributed by atoms with E-state index in [1.165, 1.54) is 7.11 Å². The number of benzene rings is 1. The van der Waals surface area contributed by atoms with Crippen molar-refractivity contribution in [2.45, 2.75) is 52.3 Å². The minimum atomic E-state index is -0.645. The first-order valence-electron chi connectivity index (χ1n) is 10.8. The van der Waals surface area contributed by atoms with Crippen molar-refractivity contribution in [2.24, 2.45) is 0 Å². The molecular weight excluding hydrogens is 460 g/mol. The summed E-state index contributed by atoms with van der Waals surface area (Å²) in [6.07, 6.45) is 2.99. The molecular formula is C23H29ClN6O4. The van der Waals surface area contributed by atoms with Crippen LogP contribution in [0, 0.1) is 0 Å². The standard InChI is InChI=1S/C23H29ClN6O4/c1-6-30-13-14(12-25-30)11-17(27-22(32)34-23(2,3)4)20-28-18(19(24)29-20)15-7-9-16(10-8-15)26-21(31)33-5/h7-10,12-13,17H,6,11H2,1-5H3,(H,26,31)(H,27,32)(H,28,29)/t17-/m0/s1. The highest BCUT2D eigenvalue weighted by Gasteiger charge is 2.25. The van der Waals surface area contributed by atoms with Gasteiger partial charge >= 0.3 is 12.2 Å². The maximum atomic E-state index is 12.5. The summed E-state index contributed by atoms with van der Waals surface area (Å²) in [6, 6.07) is 6.45. The Kier molecular flexibility index (Phi) is 7.83. The quantitative estimate of drug-likeness (QED) is 0.433. The second-order valence-electron chi connectivity index (χ2n) is 8.59. The highest BCUT2D eigenvalue weighted by atomic mass is 35.5. The van der Waals surface area contributed by atoms with Crippen molar-refractivity contribution in [1.29, 1.82) is 0 Å². The molecule has 0 saturated heterocycles. The van der Waals surface area contributed by atoms with E-state index in [1.54, 1.807) is 51.2 Å². The van der Waals surface area contributed by atoms with Crippen molar-refractivity contribution in [3.05, 3.63) is 53.2 Å². The van der Waals surface area contributed by atoms with Crippen LogP contribution in [-0.2, 0) is 22.4 Å². The van der Waals surface area contributed by atoms with E-state index >= 15 is 0 Å². The van der Waals surface area contributed by atoms with Gasteiger partial charge in [-0.3, -0.25) is 10.00 Å². The van der Waals surface area contributed by atoms with Crippen LogP contribution < -0.4 is 10.6 Å².